The topological polar surface area (TPSA) is 6.48 Å². The van der Waals surface area contributed by atoms with Gasteiger partial charge in [-0.05, 0) is 197 Å². The van der Waals surface area contributed by atoms with Gasteiger partial charge in [-0.1, -0.05) is 183 Å². The highest BCUT2D eigenvalue weighted by molar-refractivity contribution is 6.24. The van der Waals surface area contributed by atoms with Gasteiger partial charge in [0.15, 0.2) is 0 Å². The number of benzene rings is 8. The van der Waals surface area contributed by atoms with Crippen LogP contribution in [0.3, 0.4) is 0 Å². The molecule has 0 bridgehead atoms. The molecular formula is C70H80N2. The largest absolute Gasteiger partial charge is 0.310 e. The monoisotopic (exact) mass is 949 g/mol. The number of anilines is 6. The first-order valence-corrected chi connectivity index (χ1v) is 28.9. The number of hydrogen-bond acceptors (Lipinski definition) is 2. The van der Waals surface area contributed by atoms with Crippen LogP contribution in [0.25, 0.3) is 32.3 Å². The summed E-state index contributed by atoms with van der Waals surface area (Å²) in [5.74, 6) is 2.97. The fourth-order valence-electron chi connectivity index (χ4n) is 13.5. The van der Waals surface area contributed by atoms with Crippen molar-refractivity contribution in [2.75, 3.05) is 9.80 Å². The minimum atomic E-state index is 0.394. The lowest BCUT2D eigenvalue weighted by atomic mass is 9.84. The van der Waals surface area contributed by atoms with Gasteiger partial charge in [-0.15, -0.1) is 0 Å². The van der Waals surface area contributed by atoms with Gasteiger partial charge >= 0.3 is 0 Å². The first kappa shape index (κ1) is 48.4. The van der Waals surface area contributed by atoms with E-state index < -0.39 is 0 Å². The molecule has 1 atom stereocenters. The average Bonchev–Trinajstić information content (AvgIpc) is 3.45. The van der Waals surface area contributed by atoms with Crippen molar-refractivity contribution in [3.05, 3.63) is 179 Å². The standard InChI is InChI=1S/C70H80N2/c1-5-7-19-50(6-2)54-28-37-61(38-29-54)72(62-43-34-57(35-44-62)53-24-15-10-16-25-53)70-48-66-63-26-17-18-27-65(63)69(47-67(66)64-45-36-58(49(3)4)46-68(64)70)71(59-39-30-55(31-40-59)51-20-11-8-12-21-51)60-41-32-56(33-42-60)52-22-13-9-14-23-52/h17-18,26-53H,5-16,19-25H2,1-4H3. The minimum Gasteiger partial charge on any atom is -0.310 e. The summed E-state index contributed by atoms with van der Waals surface area (Å²) < 4.78 is 0. The van der Waals surface area contributed by atoms with Crippen LogP contribution in [0.15, 0.2) is 152 Å². The van der Waals surface area contributed by atoms with E-state index in [1.165, 1.54) is 216 Å². The Balaban J connectivity index is 1.11. The van der Waals surface area contributed by atoms with Gasteiger partial charge in [0.1, 0.15) is 0 Å². The number of hydrogen-bond donors (Lipinski definition) is 0. The molecule has 0 amide bonds. The smallest absolute Gasteiger partial charge is 0.0546 e. The van der Waals surface area contributed by atoms with E-state index >= 15 is 0 Å². The Morgan fingerprint density at radius 3 is 1.19 bits per heavy atom. The van der Waals surface area contributed by atoms with Gasteiger partial charge in [-0.3, -0.25) is 0 Å². The van der Waals surface area contributed by atoms with Crippen LogP contribution in [-0.2, 0) is 0 Å². The van der Waals surface area contributed by atoms with Crippen LogP contribution in [0.1, 0.15) is 207 Å². The van der Waals surface area contributed by atoms with E-state index in [0.29, 0.717) is 29.6 Å². The normalized spacial score (nSPS) is 16.7. The zero-order valence-electron chi connectivity index (χ0n) is 44.1. The second-order valence-corrected chi connectivity index (χ2v) is 22.7. The molecule has 0 heterocycles. The Morgan fingerprint density at radius 2 is 0.778 bits per heavy atom. The summed E-state index contributed by atoms with van der Waals surface area (Å²) in [5.41, 5.74) is 14.7. The molecule has 3 aliphatic carbocycles. The van der Waals surface area contributed by atoms with Gasteiger partial charge < -0.3 is 9.80 Å². The van der Waals surface area contributed by atoms with Gasteiger partial charge in [0, 0.05) is 33.5 Å². The molecule has 3 aliphatic rings. The lowest BCUT2D eigenvalue weighted by molar-refractivity contribution is 0.443. The van der Waals surface area contributed by atoms with Crippen LogP contribution in [0.2, 0.25) is 0 Å². The van der Waals surface area contributed by atoms with Crippen LogP contribution < -0.4 is 9.80 Å². The second-order valence-electron chi connectivity index (χ2n) is 22.7. The van der Waals surface area contributed by atoms with Crippen molar-refractivity contribution in [3.63, 3.8) is 0 Å². The Bertz CT molecular complexity index is 2990. The number of nitrogens with zero attached hydrogens (tertiary/aromatic N) is 2. The predicted octanol–water partition coefficient (Wildman–Crippen LogP) is 22.0. The molecule has 3 fully saturated rings. The highest BCUT2D eigenvalue weighted by Gasteiger charge is 2.25. The zero-order chi connectivity index (χ0) is 49.0. The Hall–Kier alpha value is -5.86. The molecule has 3 saturated carbocycles. The lowest BCUT2D eigenvalue weighted by Gasteiger charge is -2.31. The SMILES string of the molecule is CCCCC(CC)c1ccc(N(c2ccc(C3CCCCC3)cc2)c2cc3c4ccccc4c(N(c4ccc(C5CCCCC5)cc4)c4ccc(C5CCCCC5)cc4)cc3c3ccc(C(C)C)cc23)cc1. The first-order valence-electron chi connectivity index (χ1n) is 28.9. The third-order valence-electron chi connectivity index (χ3n) is 17.8. The van der Waals surface area contributed by atoms with Gasteiger partial charge in [0.2, 0.25) is 0 Å². The molecule has 1 unspecified atom stereocenters. The summed E-state index contributed by atoms with van der Waals surface area (Å²) in [6.45, 7) is 9.36. The van der Waals surface area contributed by atoms with Crippen LogP contribution in [0, 0.1) is 0 Å². The number of unbranched alkanes of at least 4 members (excludes halogenated alkanes) is 1. The fourth-order valence-corrected chi connectivity index (χ4v) is 13.5. The van der Waals surface area contributed by atoms with Crippen molar-refractivity contribution in [2.24, 2.45) is 0 Å². The lowest BCUT2D eigenvalue weighted by Crippen LogP contribution is -2.13. The Kier molecular flexibility index (Phi) is 14.9. The van der Waals surface area contributed by atoms with E-state index in [1.54, 1.807) is 0 Å². The van der Waals surface area contributed by atoms with Crippen LogP contribution in [0.5, 0.6) is 0 Å². The molecule has 0 saturated heterocycles. The van der Waals surface area contributed by atoms with Gasteiger partial charge in [-0.25, -0.2) is 0 Å². The van der Waals surface area contributed by atoms with E-state index in [-0.39, 0.29) is 0 Å². The van der Waals surface area contributed by atoms with Crippen molar-refractivity contribution >= 4 is 66.4 Å². The van der Waals surface area contributed by atoms with Gasteiger partial charge in [0.25, 0.3) is 0 Å². The maximum Gasteiger partial charge on any atom is 0.0546 e. The summed E-state index contributed by atoms with van der Waals surface area (Å²) in [6, 6.07) is 60.6. The summed E-state index contributed by atoms with van der Waals surface area (Å²) in [6.07, 6.45) is 25.0. The molecule has 8 aromatic carbocycles. The summed E-state index contributed by atoms with van der Waals surface area (Å²) in [4.78, 5) is 5.16. The Labute approximate surface area is 432 Å². The quantitative estimate of drug-likeness (QED) is 0.0945. The van der Waals surface area contributed by atoms with E-state index in [2.05, 4.69) is 189 Å². The molecular weight excluding hydrogens is 869 g/mol. The van der Waals surface area contributed by atoms with Gasteiger partial charge in [-0.2, -0.15) is 0 Å². The number of fused-ring (bicyclic) bond motifs is 5. The Morgan fingerprint density at radius 1 is 0.389 bits per heavy atom. The summed E-state index contributed by atoms with van der Waals surface area (Å²) in [5, 5.41) is 7.74. The third kappa shape index (κ3) is 9.97. The third-order valence-corrected chi connectivity index (χ3v) is 17.8. The average molecular weight is 949 g/mol. The maximum absolute atomic E-state index is 2.59. The molecule has 0 spiro atoms. The molecule has 11 rings (SSSR count). The summed E-state index contributed by atoms with van der Waals surface area (Å²) in [7, 11) is 0. The number of rotatable bonds is 15. The molecule has 0 radical (unpaired) electrons. The molecule has 0 aliphatic heterocycles. The van der Waals surface area contributed by atoms with Gasteiger partial charge in [0.05, 0.1) is 11.4 Å². The summed E-state index contributed by atoms with van der Waals surface area (Å²) >= 11 is 0. The first-order chi connectivity index (χ1) is 35.4. The van der Waals surface area contributed by atoms with E-state index in [0.717, 1.165) is 0 Å². The van der Waals surface area contributed by atoms with E-state index in [1.807, 2.05) is 0 Å². The van der Waals surface area contributed by atoms with E-state index in [4.69, 9.17) is 0 Å². The molecule has 2 nitrogen and oxygen atoms in total. The minimum absolute atomic E-state index is 0.394. The van der Waals surface area contributed by atoms with E-state index in [9.17, 15) is 0 Å². The molecule has 0 aromatic heterocycles. The molecule has 72 heavy (non-hydrogen) atoms. The van der Waals surface area contributed by atoms with Crippen LogP contribution >= 0.6 is 0 Å². The highest BCUT2D eigenvalue weighted by Crippen LogP contribution is 2.49. The molecule has 2 heteroatoms. The van der Waals surface area contributed by atoms with Crippen molar-refractivity contribution < 1.29 is 0 Å². The van der Waals surface area contributed by atoms with Crippen molar-refractivity contribution in [1.29, 1.82) is 0 Å². The van der Waals surface area contributed by atoms with Crippen LogP contribution in [-0.4, -0.2) is 0 Å². The molecule has 0 N–H and O–H groups in total. The van der Waals surface area contributed by atoms with Crippen LogP contribution in [0.4, 0.5) is 34.1 Å². The maximum atomic E-state index is 2.59. The molecule has 370 valence electrons. The molecule has 8 aromatic rings. The van der Waals surface area contributed by atoms with Crippen molar-refractivity contribution in [1.82, 2.24) is 0 Å². The van der Waals surface area contributed by atoms with Crippen molar-refractivity contribution in [3.8, 4) is 0 Å². The van der Waals surface area contributed by atoms with Crippen molar-refractivity contribution in [2.45, 2.75) is 179 Å². The predicted molar refractivity (Wildman–Crippen MR) is 312 cm³/mol. The highest BCUT2D eigenvalue weighted by atomic mass is 15.2. The fraction of sp³-hybridized carbons (Fsp3) is 0.400. The zero-order valence-corrected chi connectivity index (χ0v) is 44.1. The second kappa shape index (κ2) is 22.1.